The van der Waals surface area contributed by atoms with E-state index < -0.39 is 12.0 Å². The Morgan fingerprint density at radius 2 is 1.59 bits per heavy atom. The van der Waals surface area contributed by atoms with E-state index in [1.807, 2.05) is 65.6 Å². The van der Waals surface area contributed by atoms with Crippen molar-refractivity contribution in [2.75, 3.05) is 18.1 Å². The summed E-state index contributed by atoms with van der Waals surface area (Å²) < 4.78 is 5.01. The molecule has 0 aromatic heterocycles. The number of thiocarbonyl (C=S) groups is 1. The van der Waals surface area contributed by atoms with E-state index in [4.69, 9.17) is 17.0 Å². The molecule has 1 fully saturated rings. The Morgan fingerprint density at radius 3 is 2.22 bits per heavy atom. The number of rotatable bonds is 9. The van der Waals surface area contributed by atoms with Crippen LogP contribution in [0, 0.1) is 0 Å². The molecule has 1 aliphatic rings. The van der Waals surface area contributed by atoms with Gasteiger partial charge in [0.25, 0.3) is 5.91 Å². The first-order valence-corrected chi connectivity index (χ1v) is 12.6. The summed E-state index contributed by atoms with van der Waals surface area (Å²) in [7, 11) is 0. The summed E-state index contributed by atoms with van der Waals surface area (Å²) in [5.41, 5.74) is 2.94. The standard InChI is InChI=1S/C29H29N3O4S/c1-2-36-28(35)23-13-15-24(16-14-23)32-26(33)19-25(27(32)34)31(18-17-21-9-5-3-6-10-21)29(37)30-20-22-11-7-4-8-12-22/h3-16,25H,2,17-20H2,1H3,(H,30,37). The highest BCUT2D eigenvalue weighted by Gasteiger charge is 2.43. The first kappa shape index (κ1) is 26.0. The average Bonchev–Trinajstić information content (AvgIpc) is 3.22. The Labute approximate surface area is 222 Å². The van der Waals surface area contributed by atoms with E-state index in [2.05, 4.69) is 5.32 Å². The van der Waals surface area contributed by atoms with Crippen molar-refractivity contribution in [1.82, 2.24) is 10.2 Å². The van der Waals surface area contributed by atoms with Gasteiger partial charge in [0.05, 0.1) is 24.3 Å². The predicted octanol–water partition coefficient (Wildman–Crippen LogP) is 4.11. The minimum absolute atomic E-state index is 0.0143. The number of esters is 1. The molecule has 190 valence electrons. The molecule has 0 aliphatic carbocycles. The Morgan fingerprint density at radius 1 is 0.973 bits per heavy atom. The second-order valence-electron chi connectivity index (χ2n) is 8.63. The summed E-state index contributed by atoms with van der Waals surface area (Å²) in [5, 5.41) is 3.68. The summed E-state index contributed by atoms with van der Waals surface area (Å²) in [6.45, 7) is 2.98. The van der Waals surface area contributed by atoms with Crippen molar-refractivity contribution >= 4 is 40.8 Å². The Hall–Kier alpha value is -4.04. The van der Waals surface area contributed by atoms with Crippen LogP contribution >= 0.6 is 12.2 Å². The highest BCUT2D eigenvalue weighted by Crippen LogP contribution is 2.27. The second kappa shape index (κ2) is 12.3. The van der Waals surface area contributed by atoms with Crippen LogP contribution in [0.3, 0.4) is 0 Å². The fourth-order valence-electron chi connectivity index (χ4n) is 4.26. The van der Waals surface area contributed by atoms with Gasteiger partial charge in [0.1, 0.15) is 6.04 Å². The molecule has 4 rings (SSSR count). The number of anilines is 1. The number of benzene rings is 3. The predicted molar refractivity (Wildman–Crippen MR) is 146 cm³/mol. The minimum atomic E-state index is -0.725. The molecular formula is C29H29N3O4S. The van der Waals surface area contributed by atoms with Gasteiger partial charge in [-0.1, -0.05) is 60.7 Å². The fraction of sp³-hybridized carbons (Fsp3) is 0.241. The van der Waals surface area contributed by atoms with E-state index in [0.717, 1.165) is 11.1 Å². The molecule has 3 aromatic carbocycles. The van der Waals surface area contributed by atoms with Crippen molar-refractivity contribution < 1.29 is 19.1 Å². The lowest BCUT2D eigenvalue weighted by molar-refractivity contribution is -0.122. The van der Waals surface area contributed by atoms with Gasteiger partial charge >= 0.3 is 5.97 Å². The number of nitrogens with zero attached hydrogens (tertiary/aromatic N) is 2. The lowest BCUT2D eigenvalue weighted by Crippen LogP contribution is -2.50. The first-order valence-electron chi connectivity index (χ1n) is 12.2. The number of ether oxygens (including phenoxy) is 1. The molecule has 3 aromatic rings. The van der Waals surface area contributed by atoms with E-state index in [9.17, 15) is 14.4 Å². The molecule has 37 heavy (non-hydrogen) atoms. The van der Waals surface area contributed by atoms with Crippen LogP contribution in [-0.2, 0) is 27.3 Å². The topological polar surface area (TPSA) is 79.0 Å². The van der Waals surface area contributed by atoms with Crippen LogP contribution in [0.2, 0.25) is 0 Å². The number of hydrogen-bond donors (Lipinski definition) is 1. The van der Waals surface area contributed by atoms with Crippen molar-refractivity contribution in [2.24, 2.45) is 0 Å². The molecule has 0 bridgehead atoms. The molecule has 2 amide bonds. The lowest BCUT2D eigenvalue weighted by atomic mass is 10.1. The quantitative estimate of drug-likeness (QED) is 0.261. The summed E-state index contributed by atoms with van der Waals surface area (Å²) in [6, 6.07) is 25.4. The average molecular weight is 516 g/mol. The number of imide groups is 1. The van der Waals surface area contributed by atoms with Gasteiger partial charge in [0.2, 0.25) is 5.91 Å². The van der Waals surface area contributed by atoms with Gasteiger partial charge in [0.15, 0.2) is 5.11 Å². The summed E-state index contributed by atoms with van der Waals surface area (Å²) in [4.78, 5) is 41.5. The number of carbonyl (C=O) groups is 3. The fourth-order valence-corrected chi connectivity index (χ4v) is 4.55. The minimum Gasteiger partial charge on any atom is -0.462 e. The third kappa shape index (κ3) is 6.40. The molecule has 8 heteroatoms. The maximum absolute atomic E-state index is 13.6. The molecule has 1 heterocycles. The largest absolute Gasteiger partial charge is 0.462 e. The molecule has 1 unspecified atom stereocenters. The third-order valence-corrected chi connectivity index (χ3v) is 6.55. The Kier molecular flexibility index (Phi) is 8.64. The maximum atomic E-state index is 13.6. The number of amides is 2. The molecule has 0 radical (unpaired) electrons. The molecular weight excluding hydrogens is 486 g/mol. The van der Waals surface area contributed by atoms with Crippen molar-refractivity contribution in [2.45, 2.75) is 32.4 Å². The van der Waals surface area contributed by atoms with E-state index in [1.165, 1.54) is 4.90 Å². The van der Waals surface area contributed by atoms with Crippen LogP contribution in [0.5, 0.6) is 0 Å². The number of hydrogen-bond acceptors (Lipinski definition) is 5. The van der Waals surface area contributed by atoms with Crippen LogP contribution in [0.1, 0.15) is 34.8 Å². The zero-order chi connectivity index (χ0) is 26.2. The van der Waals surface area contributed by atoms with Crippen molar-refractivity contribution in [3.05, 3.63) is 102 Å². The van der Waals surface area contributed by atoms with Gasteiger partial charge in [-0.2, -0.15) is 0 Å². The van der Waals surface area contributed by atoms with Crippen LogP contribution in [0.4, 0.5) is 5.69 Å². The van der Waals surface area contributed by atoms with E-state index in [-0.39, 0.29) is 24.8 Å². The highest BCUT2D eigenvalue weighted by atomic mass is 32.1. The SMILES string of the molecule is CCOC(=O)c1ccc(N2C(=O)CC(N(CCc3ccccc3)C(=S)NCc3ccccc3)C2=O)cc1. The normalized spacial score (nSPS) is 14.9. The third-order valence-electron chi connectivity index (χ3n) is 6.17. The van der Waals surface area contributed by atoms with Crippen LogP contribution in [0.15, 0.2) is 84.9 Å². The van der Waals surface area contributed by atoms with Crippen LogP contribution in [0.25, 0.3) is 0 Å². The maximum Gasteiger partial charge on any atom is 0.338 e. The molecule has 7 nitrogen and oxygen atoms in total. The van der Waals surface area contributed by atoms with Gasteiger partial charge in [0, 0.05) is 13.1 Å². The Balaban J connectivity index is 1.52. The highest BCUT2D eigenvalue weighted by molar-refractivity contribution is 7.80. The number of nitrogens with one attached hydrogen (secondary N) is 1. The molecule has 1 saturated heterocycles. The molecule has 1 aliphatic heterocycles. The zero-order valence-corrected chi connectivity index (χ0v) is 21.4. The van der Waals surface area contributed by atoms with Crippen molar-refractivity contribution in [1.29, 1.82) is 0 Å². The van der Waals surface area contributed by atoms with Gasteiger partial charge in [-0.25, -0.2) is 9.69 Å². The van der Waals surface area contributed by atoms with Gasteiger partial charge < -0.3 is 15.0 Å². The lowest BCUT2D eigenvalue weighted by Gasteiger charge is -2.30. The molecule has 0 saturated carbocycles. The monoisotopic (exact) mass is 515 g/mol. The van der Waals surface area contributed by atoms with E-state index in [0.29, 0.717) is 35.9 Å². The summed E-state index contributed by atoms with van der Waals surface area (Å²) >= 11 is 5.73. The molecule has 1 N–H and O–H groups in total. The van der Waals surface area contributed by atoms with Gasteiger partial charge in [-0.15, -0.1) is 0 Å². The second-order valence-corrected chi connectivity index (χ2v) is 9.01. The zero-order valence-electron chi connectivity index (χ0n) is 20.6. The molecule has 0 spiro atoms. The summed E-state index contributed by atoms with van der Waals surface area (Å²) in [6.07, 6.45) is 0.681. The summed E-state index contributed by atoms with van der Waals surface area (Å²) in [5.74, 6) is -1.10. The Bertz CT molecular complexity index is 1250. The van der Waals surface area contributed by atoms with Crippen molar-refractivity contribution in [3.8, 4) is 0 Å². The smallest absolute Gasteiger partial charge is 0.338 e. The number of carbonyl (C=O) groups excluding carboxylic acids is 3. The molecule has 1 atom stereocenters. The van der Waals surface area contributed by atoms with Crippen LogP contribution in [-0.4, -0.2) is 47.0 Å². The van der Waals surface area contributed by atoms with Crippen LogP contribution < -0.4 is 10.2 Å². The van der Waals surface area contributed by atoms with Gasteiger partial charge in [-0.3, -0.25) is 9.59 Å². The van der Waals surface area contributed by atoms with E-state index in [1.54, 1.807) is 31.2 Å². The van der Waals surface area contributed by atoms with Gasteiger partial charge in [-0.05, 0) is 61.0 Å². The van der Waals surface area contributed by atoms with E-state index >= 15 is 0 Å². The first-order chi connectivity index (χ1) is 18.0. The van der Waals surface area contributed by atoms with Crippen molar-refractivity contribution in [3.63, 3.8) is 0 Å².